The zero-order chi connectivity index (χ0) is 15.4. The van der Waals surface area contributed by atoms with Crippen molar-refractivity contribution < 1.29 is 19.3 Å². The lowest BCUT2D eigenvalue weighted by molar-refractivity contribution is -0.200. The van der Waals surface area contributed by atoms with E-state index in [1.54, 1.807) is 13.8 Å². The number of ether oxygens (including phenoxy) is 3. The first kappa shape index (κ1) is 14.7. The lowest BCUT2D eigenvalue weighted by Gasteiger charge is -2.24. The molecule has 0 amide bonds. The quantitative estimate of drug-likeness (QED) is 0.769. The number of aliphatic hydroxyl groups excluding tert-OH is 1. The second-order valence-electron chi connectivity index (χ2n) is 5.46. The Morgan fingerprint density at radius 3 is 2.71 bits per heavy atom. The maximum atomic E-state index is 11.9. The third-order valence-electron chi connectivity index (χ3n) is 3.50. The molecule has 0 saturated carbocycles. The maximum Gasteiger partial charge on any atom is 0.330 e. The summed E-state index contributed by atoms with van der Waals surface area (Å²) in [5.74, 6) is -0.847. The number of fused-ring (bicyclic) bond motifs is 1. The van der Waals surface area contributed by atoms with E-state index in [1.807, 2.05) is 0 Å². The Kier molecular flexibility index (Phi) is 3.45. The van der Waals surface area contributed by atoms with Crippen molar-refractivity contribution in [3.8, 4) is 0 Å². The predicted octanol–water partition coefficient (Wildman–Crippen LogP) is -0.400. The number of aromatic amines is 1. The largest absolute Gasteiger partial charge is 0.394 e. The van der Waals surface area contributed by atoms with Crippen LogP contribution >= 0.6 is 11.6 Å². The van der Waals surface area contributed by atoms with Crippen LogP contribution in [0.15, 0.2) is 15.8 Å². The molecule has 2 N–H and O–H groups in total. The summed E-state index contributed by atoms with van der Waals surface area (Å²) >= 11 is 5.75. The van der Waals surface area contributed by atoms with E-state index in [1.165, 1.54) is 6.20 Å². The second kappa shape index (κ2) is 4.92. The summed E-state index contributed by atoms with van der Waals surface area (Å²) < 4.78 is 18.2. The van der Waals surface area contributed by atoms with Crippen molar-refractivity contribution in [2.75, 3.05) is 6.61 Å². The molecule has 2 aliphatic rings. The number of rotatable bonds is 2. The summed E-state index contributed by atoms with van der Waals surface area (Å²) in [6.45, 7) is 3.20. The van der Waals surface area contributed by atoms with E-state index in [0.717, 1.165) is 4.57 Å². The molecule has 0 aliphatic carbocycles. The van der Waals surface area contributed by atoms with Crippen molar-refractivity contribution in [3.05, 3.63) is 32.1 Å². The third-order valence-corrected chi connectivity index (χ3v) is 3.77. The van der Waals surface area contributed by atoms with Gasteiger partial charge in [0.25, 0.3) is 5.56 Å². The van der Waals surface area contributed by atoms with Crippen molar-refractivity contribution in [1.29, 1.82) is 0 Å². The number of aliphatic hydroxyl groups is 1. The molecule has 2 aliphatic heterocycles. The molecule has 21 heavy (non-hydrogen) atoms. The Labute approximate surface area is 124 Å². The van der Waals surface area contributed by atoms with E-state index >= 15 is 0 Å². The number of aromatic nitrogens is 2. The van der Waals surface area contributed by atoms with Gasteiger partial charge in [-0.1, -0.05) is 11.6 Å². The molecule has 1 unspecified atom stereocenters. The maximum absolute atomic E-state index is 11.9. The van der Waals surface area contributed by atoms with Gasteiger partial charge >= 0.3 is 5.69 Å². The third kappa shape index (κ3) is 2.43. The molecule has 4 atom stereocenters. The van der Waals surface area contributed by atoms with Crippen LogP contribution < -0.4 is 11.2 Å². The molecule has 0 spiro atoms. The Balaban J connectivity index is 2.01. The monoisotopic (exact) mass is 318 g/mol. The Hall–Kier alpha value is -1.19. The number of hydrogen-bond donors (Lipinski definition) is 2. The van der Waals surface area contributed by atoms with Gasteiger partial charge in [0.05, 0.1) is 6.61 Å². The summed E-state index contributed by atoms with van der Waals surface area (Å²) in [5, 5.41) is 9.25. The summed E-state index contributed by atoms with van der Waals surface area (Å²) in [6, 6.07) is 0. The van der Waals surface area contributed by atoms with E-state index in [4.69, 9.17) is 25.8 Å². The van der Waals surface area contributed by atoms with Gasteiger partial charge in [0.2, 0.25) is 0 Å². The molecule has 3 heterocycles. The van der Waals surface area contributed by atoms with Crippen molar-refractivity contribution in [1.82, 2.24) is 9.55 Å². The summed E-state index contributed by atoms with van der Waals surface area (Å²) in [5.41, 5.74) is -1.34. The zero-order valence-electron chi connectivity index (χ0n) is 11.4. The summed E-state index contributed by atoms with van der Waals surface area (Å²) in [7, 11) is 0. The minimum atomic E-state index is -0.847. The lowest BCUT2D eigenvalue weighted by Crippen LogP contribution is -2.37. The SMILES string of the molecule is CC1(C)OC2[C@@H](O1)[C@@H](CO)O[C@H]2n1cc(Cl)c(=O)[nH]c1=O. The number of nitrogens with zero attached hydrogens (tertiary/aromatic N) is 1. The van der Waals surface area contributed by atoms with Gasteiger partial charge in [-0.05, 0) is 13.8 Å². The van der Waals surface area contributed by atoms with Crippen LogP contribution in [0.3, 0.4) is 0 Å². The van der Waals surface area contributed by atoms with Crippen LogP contribution in [0, 0.1) is 0 Å². The van der Waals surface area contributed by atoms with Crippen molar-refractivity contribution in [3.63, 3.8) is 0 Å². The second-order valence-corrected chi connectivity index (χ2v) is 5.86. The lowest BCUT2D eigenvalue weighted by atomic mass is 10.1. The highest BCUT2D eigenvalue weighted by atomic mass is 35.5. The molecule has 1 aromatic heterocycles. The van der Waals surface area contributed by atoms with Crippen LogP contribution in [0.25, 0.3) is 0 Å². The van der Waals surface area contributed by atoms with E-state index in [9.17, 15) is 14.7 Å². The van der Waals surface area contributed by atoms with Crippen molar-refractivity contribution >= 4 is 11.6 Å². The molecule has 1 aromatic rings. The molecule has 0 radical (unpaired) electrons. The smallest absolute Gasteiger partial charge is 0.330 e. The van der Waals surface area contributed by atoms with Crippen molar-refractivity contribution in [2.45, 2.75) is 44.2 Å². The number of nitrogens with one attached hydrogen (secondary N) is 1. The minimum absolute atomic E-state index is 0.139. The normalized spacial score (nSPS) is 34.1. The Morgan fingerprint density at radius 2 is 2.05 bits per heavy atom. The predicted molar refractivity (Wildman–Crippen MR) is 71.2 cm³/mol. The molecule has 9 heteroatoms. The van der Waals surface area contributed by atoms with Gasteiger partial charge in [0, 0.05) is 6.20 Å². The number of halogens is 1. The summed E-state index contributed by atoms with van der Waals surface area (Å²) in [6.07, 6.45) is -1.36. The average molecular weight is 319 g/mol. The van der Waals surface area contributed by atoms with Crippen LogP contribution in [-0.4, -0.2) is 45.4 Å². The first-order valence-electron chi connectivity index (χ1n) is 6.45. The molecule has 0 aromatic carbocycles. The molecule has 2 saturated heterocycles. The molecule has 0 bridgehead atoms. The fourth-order valence-corrected chi connectivity index (χ4v) is 2.83. The van der Waals surface area contributed by atoms with Gasteiger partial charge in [-0.15, -0.1) is 0 Å². The van der Waals surface area contributed by atoms with Crippen LogP contribution in [0.2, 0.25) is 5.02 Å². The topological polar surface area (TPSA) is 103 Å². The van der Waals surface area contributed by atoms with Gasteiger partial charge in [0.15, 0.2) is 12.0 Å². The number of hydrogen-bond acceptors (Lipinski definition) is 6. The van der Waals surface area contributed by atoms with Crippen LogP contribution in [0.1, 0.15) is 20.1 Å². The van der Waals surface area contributed by atoms with Crippen molar-refractivity contribution in [2.24, 2.45) is 0 Å². The Morgan fingerprint density at radius 1 is 1.38 bits per heavy atom. The summed E-state index contributed by atoms with van der Waals surface area (Å²) in [4.78, 5) is 25.4. The highest BCUT2D eigenvalue weighted by molar-refractivity contribution is 6.30. The Bertz CT molecular complexity index is 668. The van der Waals surface area contributed by atoms with E-state index in [-0.39, 0.29) is 11.6 Å². The molecule has 116 valence electrons. The molecular formula is C12H15ClN2O6. The minimum Gasteiger partial charge on any atom is -0.394 e. The van der Waals surface area contributed by atoms with Gasteiger partial charge in [-0.25, -0.2) is 4.79 Å². The fourth-order valence-electron chi connectivity index (χ4n) is 2.68. The number of H-pyrrole nitrogens is 1. The highest BCUT2D eigenvalue weighted by Gasteiger charge is 2.55. The molecule has 8 nitrogen and oxygen atoms in total. The first-order valence-corrected chi connectivity index (χ1v) is 6.83. The average Bonchev–Trinajstić information content (AvgIpc) is 2.87. The standard InChI is InChI=1S/C12H15ClN2O6/c1-12(2)20-7-6(4-16)19-10(8(7)21-12)15-3-5(13)9(17)14-11(15)18/h3,6-8,10,16H,4H2,1-2H3,(H,14,17,18)/t6-,7+,8?,10-/m1/s1. The fraction of sp³-hybridized carbons (Fsp3) is 0.667. The molecule has 3 rings (SSSR count). The van der Waals surface area contributed by atoms with Gasteiger partial charge in [0.1, 0.15) is 23.3 Å². The van der Waals surface area contributed by atoms with Crippen LogP contribution in [0.4, 0.5) is 0 Å². The van der Waals surface area contributed by atoms with Crippen LogP contribution in [0.5, 0.6) is 0 Å². The van der Waals surface area contributed by atoms with E-state index in [0.29, 0.717) is 0 Å². The van der Waals surface area contributed by atoms with Gasteiger partial charge in [-0.2, -0.15) is 0 Å². The van der Waals surface area contributed by atoms with E-state index in [2.05, 4.69) is 4.98 Å². The highest BCUT2D eigenvalue weighted by Crippen LogP contribution is 2.42. The first-order chi connectivity index (χ1) is 9.82. The van der Waals surface area contributed by atoms with Gasteiger partial charge < -0.3 is 19.3 Å². The molecular weight excluding hydrogens is 304 g/mol. The van der Waals surface area contributed by atoms with Gasteiger partial charge in [-0.3, -0.25) is 14.3 Å². The van der Waals surface area contributed by atoms with Crippen LogP contribution in [-0.2, 0) is 14.2 Å². The van der Waals surface area contributed by atoms with E-state index < -0.39 is 41.6 Å². The zero-order valence-corrected chi connectivity index (χ0v) is 12.2. The molecule has 2 fully saturated rings.